The highest BCUT2D eigenvalue weighted by molar-refractivity contribution is 5.77. The highest BCUT2D eigenvalue weighted by Crippen LogP contribution is 2.36. The fraction of sp³-hybridized carbons (Fsp3) is 0.333. The van der Waals surface area contributed by atoms with Crippen molar-refractivity contribution in [3.05, 3.63) is 48.8 Å². The normalized spacial score (nSPS) is 16.1. The number of methoxy groups -OCH3 is 2. The number of aromatic nitrogens is 4. The van der Waals surface area contributed by atoms with Gasteiger partial charge in [-0.2, -0.15) is 9.97 Å². The minimum absolute atomic E-state index is 0.412. The van der Waals surface area contributed by atoms with E-state index in [2.05, 4.69) is 65.3 Å². The first-order valence-corrected chi connectivity index (χ1v) is 14.5. The van der Waals surface area contributed by atoms with Gasteiger partial charge in [0.15, 0.2) is 23.1 Å². The van der Waals surface area contributed by atoms with Crippen LogP contribution in [-0.2, 0) is 9.47 Å². The van der Waals surface area contributed by atoms with E-state index < -0.39 is 0 Å². The van der Waals surface area contributed by atoms with Crippen molar-refractivity contribution in [3.63, 3.8) is 0 Å². The van der Waals surface area contributed by atoms with Crippen LogP contribution in [0.1, 0.15) is 0 Å². The van der Waals surface area contributed by atoms with Gasteiger partial charge in [-0.15, -0.1) is 0 Å². The SMILES string of the molecule is COc1cnc2nc1Nc1cc(cc(N3CCOCC3)c1)Nc1ncc(OC)c(n1)Nc1cc(cc(N3CCOCC3)c1)N2. The van der Waals surface area contributed by atoms with Gasteiger partial charge < -0.3 is 50.0 Å². The van der Waals surface area contributed by atoms with Crippen molar-refractivity contribution in [2.24, 2.45) is 0 Å². The highest BCUT2D eigenvalue weighted by Gasteiger charge is 2.19. The van der Waals surface area contributed by atoms with Crippen LogP contribution >= 0.6 is 0 Å². The molecule has 4 N–H and O–H groups in total. The maximum Gasteiger partial charge on any atom is 0.229 e. The third-order valence-electron chi connectivity index (χ3n) is 7.58. The van der Waals surface area contributed by atoms with Gasteiger partial charge in [-0.25, -0.2) is 9.97 Å². The molecule has 3 aliphatic rings. The Kier molecular flexibility index (Phi) is 7.73. The van der Waals surface area contributed by atoms with Crippen LogP contribution in [0.15, 0.2) is 48.8 Å². The smallest absolute Gasteiger partial charge is 0.229 e. The zero-order valence-corrected chi connectivity index (χ0v) is 24.6. The van der Waals surface area contributed by atoms with Gasteiger partial charge in [0.05, 0.1) is 53.0 Å². The molecule has 2 saturated heterocycles. The Hall–Kier alpha value is -5.08. The molecule has 2 aromatic carbocycles. The number of hydrogen-bond acceptors (Lipinski definition) is 14. The molecule has 228 valence electrons. The van der Waals surface area contributed by atoms with E-state index in [1.54, 1.807) is 26.6 Å². The summed E-state index contributed by atoms with van der Waals surface area (Å²) in [6.07, 6.45) is 3.31. The molecule has 14 heteroatoms. The number of hydrogen-bond donors (Lipinski definition) is 4. The fourth-order valence-electron chi connectivity index (χ4n) is 5.39. The van der Waals surface area contributed by atoms with Crippen molar-refractivity contribution in [1.29, 1.82) is 0 Å². The predicted molar refractivity (Wildman–Crippen MR) is 169 cm³/mol. The fourth-order valence-corrected chi connectivity index (χ4v) is 5.39. The second kappa shape index (κ2) is 12.3. The molecule has 0 spiro atoms. The molecule has 4 aromatic rings. The molecule has 0 aliphatic carbocycles. The second-order valence-electron chi connectivity index (χ2n) is 10.5. The maximum atomic E-state index is 5.62. The van der Waals surface area contributed by atoms with Crippen LogP contribution in [0, 0.1) is 0 Å². The van der Waals surface area contributed by atoms with E-state index in [1.165, 1.54) is 0 Å². The Morgan fingerprint density at radius 1 is 0.568 bits per heavy atom. The zero-order chi connectivity index (χ0) is 29.9. The number of anilines is 10. The van der Waals surface area contributed by atoms with E-state index >= 15 is 0 Å². The van der Waals surface area contributed by atoms with Crippen molar-refractivity contribution in [2.75, 3.05) is 97.9 Å². The molecule has 8 bridgehead atoms. The van der Waals surface area contributed by atoms with E-state index in [9.17, 15) is 0 Å². The lowest BCUT2D eigenvalue weighted by Crippen LogP contribution is -2.36. The first kappa shape index (κ1) is 27.7. The van der Waals surface area contributed by atoms with Gasteiger partial charge >= 0.3 is 0 Å². The molecule has 3 aliphatic heterocycles. The largest absolute Gasteiger partial charge is 0.491 e. The van der Waals surface area contributed by atoms with Crippen molar-refractivity contribution >= 4 is 57.7 Å². The number of morpholine rings is 2. The number of nitrogens with one attached hydrogen (secondary N) is 4. The van der Waals surface area contributed by atoms with E-state index in [4.69, 9.17) is 28.9 Å². The summed E-state index contributed by atoms with van der Waals surface area (Å²) in [7, 11) is 3.20. The molecule has 44 heavy (non-hydrogen) atoms. The first-order valence-electron chi connectivity index (χ1n) is 14.5. The van der Waals surface area contributed by atoms with Crippen LogP contribution in [0.25, 0.3) is 0 Å². The Bertz CT molecular complexity index is 1520. The Morgan fingerprint density at radius 3 is 1.34 bits per heavy atom. The predicted octanol–water partition coefficient (Wildman–Crippen LogP) is 4.24. The molecule has 0 saturated carbocycles. The Balaban J connectivity index is 1.35. The van der Waals surface area contributed by atoms with Crippen LogP contribution < -0.4 is 40.5 Å². The van der Waals surface area contributed by atoms with E-state index in [0.29, 0.717) is 61.5 Å². The minimum atomic E-state index is 0.412. The summed E-state index contributed by atoms with van der Waals surface area (Å²) in [5.74, 6) is 2.89. The molecular formula is C30H34N10O4. The van der Waals surface area contributed by atoms with Crippen LogP contribution in [0.5, 0.6) is 11.5 Å². The van der Waals surface area contributed by atoms with Crippen molar-refractivity contribution in [1.82, 2.24) is 19.9 Å². The number of rotatable bonds is 4. The van der Waals surface area contributed by atoms with Gasteiger partial charge in [0.2, 0.25) is 11.9 Å². The highest BCUT2D eigenvalue weighted by atomic mass is 16.5. The summed E-state index contributed by atoms with van der Waals surface area (Å²) >= 11 is 0. The van der Waals surface area contributed by atoms with Gasteiger partial charge in [0.25, 0.3) is 0 Å². The van der Waals surface area contributed by atoms with Crippen LogP contribution in [0.3, 0.4) is 0 Å². The zero-order valence-electron chi connectivity index (χ0n) is 24.6. The molecule has 7 rings (SSSR count). The summed E-state index contributed by atoms with van der Waals surface area (Å²) in [5, 5.41) is 13.7. The molecule has 0 unspecified atom stereocenters. The lowest BCUT2D eigenvalue weighted by molar-refractivity contribution is 0.122. The van der Waals surface area contributed by atoms with Gasteiger partial charge in [0, 0.05) is 60.3 Å². The summed E-state index contributed by atoms with van der Waals surface area (Å²) in [4.78, 5) is 23.2. The van der Waals surface area contributed by atoms with E-state index in [-0.39, 0.29) is 0 Å². The summed E-state index contributed by atoms with van der Waals surface area (Å²) < 4.78 is 22.4. The quantitative estimate of drug-likeness (QED) is 0.234. The monoisotopic (exact) mass is 598 g/mol. The Morgan fingerprint density at radius 2 is 0.955 bits per heavy atom. The summed E-state index contributed by atoms with van der Waals surface area (Å²) in [5.41, 5.74) is 5.23. The van der Waals surface area contributed by atoms with Gasteiger partial charge in [0.1, 0.15) is 0 Å². The van der Waals surface area contributed by atoms with E-state index in [0.717, 1.165) is 60.3 Å². The third-order valence-corrected chi connectivity index (χ3v) is 7.58. The number of nitrogens with zero attached hydrogens (tertiary/aromatic N) is 6. The molecule has 0 radical (unpaired) electrons. The average molecular weight is 599 g/mol. The van der Waals surface area contributed by atoms with Crippen LogP contribution in [-0.4, -0.2) is 86.8 Å². The second-order valence-corrected chi connectivity index (χ2v) is 10.5. The van der Waals surface area contributed by atoms with Gasteiger partial charge in [-0.3, -0.25) is 0 Å². The van der Waals surface area contributed by atoms with Gasteiger partial charge in [-0.05, 0) is 36.4 Å². The number of ether oxygens (including phenoxy) is 4. The molecule has 2 aromatic heterocycles. The van der Waals surface area contributed by atoms with Gasteiger partial charge in [-0.1, -0.05) is 0 Å². The van der Waals surface area contributed by atoms with E-state index in [1.807, 2.05) is 12.1 Å². The molecule has 0 atom stereocenters. The van der Waals surface area contributed by atoms with Crippen molar-refractivity contribution in [3.8, 4) is 11.5 Å². The summed E-state index contributed by atoms with van der Waals surface area (Å²) in [6, 6.07) is 12.2. The number of benzene rings is 2. The molecule has 5 heterocycles. The van der Waals surface area contributed by atoms with Crippen LogP contribution in [0.2, 0.25) is 0 Å². The maximum absolute atomic E-state index is 5.62. The summed E-state index contributed by atoms with van der Waals surface area (Å²) in [6.45, 7) is 5.79. The average Bonchev–Trinajstić information content (AvgIpc) is 3.05. The molecule has 14 nitrogen and oxygen atoms in total. The standard InChI is InChI=1S/C30H34N10O4/c1-41-25-17-31-29-35-22-12-20(14-24(16-22)40-5-9-44-10-6-40)34-28-26(42-2)18-32-30(38-28)36-21-11-19(33-27(25)37-29)13-23(15-21)39-3-7-43-8-4-39/h11-18H,3-10H2,1-2H3,(H2,31,33,35,37)(H2,32,34,36,38). The Labute approximate surface area is 254 Å². The lowest BCUT2D eigenvalue weighted by atomic mass is 10.2. The van der Waals surface area contributed by atoms with Crippen molar-refractivity contribution in [2.45, 2.75) is 0 Å². The first-order chi connectivity index (χ1) is 21.6. The molecule has 0 amide bonds. The lowest BCUT2D eigenvalue weighted by Gasteiger charge is -2.30. The number of fused-ring (bicyclic) bond motifs is 8. The van der Waals surface area contributed by atoms with Crippen molar-refractivity contribution < 1.29 is 18.9 Å². The third kappa shape index (κ3) is 6.02. The topological polar surface area (TPSA) is 143 Å². The van der Waals surface area contributed by atoms with Crippen LogP contribution in [0.4, 0.5) is 57.7 Å². The molecule has 2 fully saturated rings. The minimum Gasteiger partial charge on any atom is -0.491 e. The molecular weight excluding hydrogens is 564 g/mol.